The van der Waals surface area contributed by atoms with Crippen molar-refractivity contribution in [2.45, 2.75) is 111 Å². The average molecular weight is 463 g/mol. The summed E-state index contributed by atoms with van der Waals surface area (Å²) in [6.07, 6.45) is 9.19. The van der Waals surface area contributed by atoms with Crippen LogP contribution in [0.3, 0.4) is 0 Å². The van der Waals surface area contributed by atoms with E-state index in [0.29, 0.717) is 23.3 Å². The van der Waals surface area contributed by atoms with Crippen LogP contribution in [0.4, 0.5) is 0 Å². The van der Waals surface area contributed by atoms with E-state index < -0.39 is 0 Å². The molecule has 0 fully saturated rings. The highest BCUT2D eigenvalue weighted by atomic mass is 16.3. The molecule has 3 atom stereocenters. The van der Waals surface area contributed by atoms with Gasteiger partial charge in [0.1, 0.15) is 0 Å². The summed E-state index contributed by atoms with van der Waals surface area (Å²) in [4.78, 5) is 13.5. The summed E-state index contributed by atoms with van der Waals surface area (Å²) >= 11 is 0. The molecule has 2 aromatic carbocycles. The van der Waals surface area contributed by atoms with Gasteiger partial charge in [-0.1, -0.05) is 92.0 Å². The van der Waals surface area contributed by atoms with Crippen molar-refractivity contribution < 1.29 is 9.90 Å². The molecule has 0 aromatic heterocycles. The number of allylic oxidation sites excluding steroid dienone is 1. The standard InChI is InChI=1S/C32H46O2/c1-8-12-22(5)26-18-27(23(6)13-9-2)20-29(19-26)32(34)31(33)21-28-17-25(11-4)15-16-30(28)24(7)14-10-3/h15-24,33H,8-14H2,1-7H3. The first-order valence-electron chi connectivity index (χ1n) is 13.5. The second kappa shape index (κ2) is 13.5. The van der Waals surface area contributed by atoms with Crippen LogP contribution in [0.2, 0.25) is 0 Å². The van der Waals surface area contributed by atoms with Crippen LogP contribution < -0.4 is 0 Å². The van der Waals surface area contributed by atoms with Gasteiger partial charge in [-0.05, 0) is 89.5 Å². The van der Waals surface area contributed by atoms with E-state index in [1.165, 1.54) is 22.3 Å². The van der Waals surface area contributed by atoms with Gasteiger partial charge < -0.3 is 5.11 Å². The number of carbonyl (C=O) groups is 1. The Balaban J connectivity index is 2.51. The number of aryl methyl sites for hydroxylation is 1. The van der Waals surface area contributed by atoms with E-state index in [0.717, 1.165) is 50.5 Å². The number of hydrogen-bond acceptors (Lipinski definition) is 2. The van der Waals surface area contributed by atoms with E-state index in [4.69, 9.17) is 0 Å². The summed E-state index contributed by atoms with van der Waals surface area (Å²) in [6, 6.07) is 12.7. The summed E-state index contributed by atoms with van der Waals surface area (Å²) in [5.41, 5.74) is 6.36. The predicted molar refractivity (Wildman–Crippen MR) is 147 cm³/mol. The Kier molecular flexibility index (Phi) is 11.1. The lowest BCUT2D eigenvalue weighted by Gasteiger charge is -2.18. The van der Waals surface area contributed by atoms with Gasteiger partial charge in [-0.3, -0.25) is 4.79 Å². The van der Waals surface area contributed by atoms with E-state index in [-0.39, 0.29) is 11.5 Å². The highest BCUT2D eigenvalue weighted by molar-refractivity contribution is 6.09. The van der Waals surface area contributed by atoms with Crippen LogP contribution in [0.25, 0.3) is 6.08 Å². The van der Waals surface area contributed by atoms with Gasteiger partial charge in [-0.15, -0.1) is 0 Å². The maximum absolute atomic E-state index is 13.5. The van der Waals surface area contributed by atoms with Crippen molar-refractivity contribution in [3.8, 4) is 0 Å². The number of ketones is 1. The number of Topliss-reactive ketones (excluding diaryl/α,β-unsaturated/α-hetero) is 1. The lowest BCUT2D eigenvalue weighted by molar-refractivity contribution is 0.0980. The van der Waals surface area contributed by atoms with Crippen LogP contribution in [-0.2, 0) is 6.42 Å². The molecule has 0 aliphatic rings. The third-order valence-corrected chi connectivity index (χ3v) is 7.16. The van der Waals surface area contributed by atoms with Crippen molar-refractivity contribution in [1.82, 2.24) is 0 Å². The number of hydrogen-bond donors (Lipinski definition) is 1. The molecule has 1 N–H and O–H groups in total. The van der Waals surface area contributed by atoms with E-state index in [1.54, 1.807) is 6.08 Å². The van der Waals surface area contributed by atoms with Gasteiger partial charge in [-0.2, -0.15) is 0 Å². The summed E-state index contributed by atoms with van der Waals surface area (Å²) < 4.78 is 0. The topological polar surface area (TPSA) is 37.3 Å². The van der Waals surface area contributed by atoms with Crippen molar-refractivity contribution in [2.24, 2.45) is 0 Å². The van der Waals surface area contributed by atoms with Crippen molar-refractivity contribution in [3.05, 3.63) is 75.5 Å². The highest BCUT2D eigenvalue weighted by Crippen LogP contribution is 2.31. The van der Waals surface area contributed by atoms with E-state index in [2.05, 4.69) is 72.7 Å². The molecule has 0 spiro atoms. The molecule has 3 unspecified atom stereocenters. The minimum Gasteiger partial charge on any atom is -0.504 e. The lowest BCUT2D eigenvalue weighted by atomic mass is 9.87. The van der Waals surface area contributed by atoms with Crippen LogP contribution in [-0.4, -0.2) is 10.9 Å². The van der Waals surface area contributed by atoms with Crippen molar-refractivity contribution in [3.63, 3.8) is 0 Å². The maximum Gasteiger partial charge on any atom is 0.227 e. The zero-order valence-corrected chi connectivity index (χ0v) is 22.6. The molecule has 0 aliphatic carbocycles. The molecule has 0 bridgehead atoms. The zero-order chi connectivity index (χ0) is 25.3. The van der Waals surface area contributed by atoms with Gasteiger partial charge >= 0.3 is 0 Å². The summed E-state index contributed by atoms with van der Waals surface area (Å²) in [7, 11) is 0. The van der Waals surface area contributed by atoms with Crippen LogP contribution in [0.15, 0.2) is 42.2 Å². The Morgan fingerprint density at radius 1 is 0.794 bits per heavy atom. The van der Waals surface area contributed by atoms with E-state index >= 15 is 0 Å². The Labute approximate surface area is 208 Å². The zero-order valence-electron chi connectivity index (χ0n) is 22.6. The van der Waals surface area contributed by atoms with Gasteiger partial charge in [0.15, 0.2) is 5.76 Å². The van der Waals surface area contributed by atoms with Gasteiger partial charge in [0.05, 0.1) is 0 Å². The highest BCUT2D eigenvalue weighted by Gasteiger charge is 2.19. The first-order valence-corrected chi connectivity index (χ1v) is 13.5. The normalized spacial score (nSPS) is 14.6. The van der Waals surface area contributed by atoms with Crippen molar-refractivity contribution in [1.29, 1.82) is 0 Å². The smallest absolute Gasteiger partial charge is 0.227 e. The molecule has 0 heterocycles. The van der Waals surface area contributed by atoms with Gasteiger partial charge in [-0.25, -0.2) is 0 Å². The van der Waals surface area contributed by atoms with Crippen molar-refractivity contribution in [2.75, 3.05) is 0 Å². The van der Waals surface area contributed by atoms with Gasteiger partial charge in [0, 0.05) is 5.56 Å². The maximum atomic E-state index is 13.5. The van der Waals surface area contributed by atoms with E-state index in [1.807, 2.05) is 12.1 Å². The van der Waals surface area contributed by atoms with Crippen LogP contribution >= 0.6 is 0 Å². The predicted octanol–water partition coefficient (Wildman–Crippen LogP) is 9.74. The fraction of sp³-hybridized carbons (Fsp3) is 0.531. The quantitative estimate of drug-likeness (QED) is 0.183. The molecule has 0 saturated heterocycles. The summed E-state index contributed by atoms with van der Waals surface area (Å²) in [5.74, 6) is 0.697. The first kappa shape index (κ1) is 27.9. The molecular formula is C32H46O2. The molecular weight excluding hydrogens is 416 g/mol. The fourth-order valence-electron chi connectivity index (χ4n) is 4.94. The molecule has 0 aliphatic heterocycles. The molecule has 2 heteroatoms. The average Bonchev–Trinajstić information content (AvgIpc) is 2.83. The minimum absolute atomic E-state index is 0.174. The molecule has 2 rings (SSSR count). The number of carbonyl (C=O) groups excluding carboxylic acids is 1. The molecule has 2 aromatic rings. The molecule has 186 valence electrons. The Morgan fingerprint density at radius 3 is 1.82 bits per heavy atom. The molecule has 0 amide bonds. The number of aliphatic hydroxyl groups excluding tert-OH is 1. The number of benzene rings is 2. The molecule has 34 heavy (non-hydrogen) atoms. The van der Waals surface area contributed by atoms with Crippen LogP contribution in [0.5, 0.6) is 0 Å². The van der Waals surface area contributed by atoms with Crippen LogP contribution in [0.1, 0.15) is 143 Å². The second-order valence-corrected chi connectivity index (χ2v) is 10.1. The first-order chi connectivity index (χ1) is 16.2. The minimum atomic E-state index is -0.286. The van der Waals surface area contributed by atoms with E-state index in [9.17, 15) is 9.90 Å². The summed E-state index contributed by atoms with van der Waals surface area (Å²) in [6.45, 7) is 15.4. The molecule has 2 nitrogen and oxygen atoms in total. The molecule has 0 saturated carbocycles. The summed E-state index contributed by atoms with van der Waals surface area (Å²) in [5, 5.41) is 11.0. The second-order valence-electron chi connectivity index (χ2n) is 10.1. The number of aliphatic hydroxyl groups is 1. The largest absolute Gasteiger partial charge is 0.504 e. The Bertz CT molecular complexity index is 939. The molecule has 0 radical (unpaired) electrons. The monoisotopic (exact) mass is 462 g/mol. The van der Waals surface area contributed by atoms with Gasteiger partial charge in [0.2, 0.25) is 5.78 Å². The number of rotatable bonds is 13. The fourth-order valence-corrected chi connectivity index (χ4v) is 4.94. The third kappa shape index (κ3) is 7.32. The van der Waals surface area contributed by atoms with Crippen molar-refractivity contribution >= 4 is 11.9 Å². The SMILES string of the molecule is CCCC(C)c1cc(C(=O)C(O)=Cc2cc(CC)ccc2C(C)CCC)cc(C(C)CCC)c1. The lowest BCUT2D eigenvalue weighted by Crippen LogP contribution is -2.08. The Morgan fingerprint density at radius 2 is 1.32 bits per heavy atom. The third-order valence-electron chi connectivity index (χ3n) is 7.16. The Hall–Kier alpha value is -2.35. The van der Waals surface area contributed by atoms with Crippen LogP contribution in [0, 0.1) is 0 Å². The van der Waals surface area contributed by atoms with Gasteiger partial charge in [0.25, 0.3) is 0 Å².